The zero-order valence-corrected chi connectivity index (χ0v) is 11.8. The summed E-state index contributed by atoms with van der Waals surface area (Å²) in [6, 6.07) is 3.98. The van der Waals surface area contributed by atoms with Crippen LogP contribution in [-0.4, -0.2) is 18.4 Å². The Bertz CT molecular complexity index is 481. The summed E-state index contributed by atoms with van der Waals surface area (Å²) in [5, 5.41) is 3.27. The summed E-state index contributed by atoms with van der Waals surface area (Å²) in [5.74, 6) is -1.83. The minimum absolute atomic E-state index is 0.0347. The van der Waals surface area contributed by atoms with Crippen molar-refractivity contribution in [2.75, 3.05) is 7.05 Å². The topological polar surface area (TPSA) is 29.1 Å². The number of carbonyl (C=O) groups is 1. The van der Waals surface area contributed by atoms with E-state index in [4.69, 9.17) is 0 Å². The summed E-state index contributed by atoms with van der Waals surface area (Å²) in [6.45, 7) is 0. The molecule has 0 saturated heterocycles. The molecule has 0 aliphatic heterocycles. The lowest BCUT2D eigenvalue weighted by atomic mass is 9.77. The molecule has 0 heterocycles. The van der Waals surface area contributed by atoms with E-state index in [2.05, 4.69) is 5.32 Å². The molecule has 0 atom stereocenters. The molecular weight excluding hydrogens is 260 g/mol. The van der Waals surface area contributed by atoms with Crippen LogP contribution in [0.1, 0.15) is 44.1 Å². The van der Waals surface area contributed by atoms with Gasteiger partial charge in [-0.1, -0.05) is 31.4 Å². The Balaban J connectivity index is 2.03. The predicted octanol–water partition coefficient (Wildman–Crippen LogP) is 3.39. The van der Waals surface area contributed by atoms with Gasteiger partial charge in [0, 0.05) is 18.4 Å². The van der Waals surface area contributed by atoms with Crippen LogP contribution in [0.2, 0.25) is 0 Å². The molecule has 4 heteroatoms. The first kappa shape index (κ1) is 15.1. The van der Waals surface area contributed by atoms with Gasteiger partial charge in [-0.15, -0.1) is 0 Å². The van der Waals surface area contributed by atoms with Crippen LogP contribution in [0.4, 0.5) is 8.78 Å². The molecule has 0 amide bonds. The van der Waals surface area contributed by atoms with Gasteiger partial charge >= 0.3 is 0 Å². The van der Waals surface area contributed by atoms with Gasteiger partial charge in [0.05, 0.1) is 0 Å². The van der Waals surface area contributed by atoms with Crippen molar-refractivity contribution in [2.45, 2.75) is 50.5 Å². The molecule has 1 aromatic carbocycles. The maximum absolute atomic E-state index is 13.6. The summed E-state index contributed by atoms with van der Waals surface area (Å²) >= 11 is 0. The quantitative estimate of drug-likeness (QED) is 0.896. The van der Waals surface area contributed by atoms with Crippen LogP contribution >= 0.6 is 0 Å². The van der Waals surface area contributed by atoms with E-state index < -0.39 is 11.6 Å². The van der Waals surface area contributed by atoms with Gasteiger partial charge in [0.1, 0.15) is 5.78 Å². The molecule has 0 spiro atoms. The molecule has 1 fully saturated rings. The molecule has 0 radical (unpaired) electrons. The number of rotatable bonds is 5. The Morgan fingerprint density at radius 3 is 2.60 bits per heavy atom. The summed E-state index contributed by atoms with van der Waals surface area (Å²) in [4.78, 5) is 12.2. The van der Waals surface area contributed by atoms with Crippen molar-refractivity contribution in [1.29, 1.82) is 0 Å². The standard InChI is InChI=1S/C16H21F2NO/c1-19-16(8-3-2-4-9-16)11-13(20)10-12-6-5-7-14(17)15(12)18/h5-7,19H,2-4,8-11H2,1H3. The fourth-order valence-electron chi connectivity index (χ4n) is 3.08. The number of nitrogens with one attached hydrogen (secondary N) is 1. The van der Waals surface area contributed by atoms with Crippen LogP contribution in [0.25, 0.3) is 0 Å². The van der Waals surface area contributed by atoms with E-state index in [0.717, 1.165) is 31.7 Å². The molecule has 1 aliphatic rings. The number of carbonyl (C=O) groups excluding carboxylic acids is 1. The molecule has 2 nitrogen and oxygen atoms in total. The Kier molecular flexibility index (Phi) is 4.86. The first-order valence-electron chi connectivity index (χ1n) is 7.20. The van der Waals surface area contributed by atoms with Crippen molar-refractivity contribution in [1.82, 2.24) is 5.32 Å². The number of benzene rings is 1. The van der Waals surface area contributed by atoms with Gasteiger partial charge in [-0.05, 0) is 31.5 Å². The van der Waals surface area contributed by atoms with Crippen LogP contribution in [0.5, 0.6) is 0 Å². The molecule has 1 aromatic rings. The predicted molar refractivity (Wildman–Crippen MR) is 74.6 cm³/mol. The van der Waals surface area contributed by atoms with E-state index in [0.29, 0.717) is 6.42 Å². The zero-order chi connectivity index (χ0) is 14.6. The van der Waals surface area contributed by atoms with Crippen LogP contribution in [-0.2, 0) is 11.2 Å². The minimum Gasteiger partial charge on any atom is -0.314 e. The van der Waals surface area contributed by atoms with Gasteiger partial charge in [-0.2, -0.15) is 0 Å². The summed E-state index contributed by atoms with van der Waals surface area (Å²) < 4.78 is 26.7. The average Bonchev–Trinajstić information content (AvgIpc) is 2.45. The first-order valence-corrected chi connectivity index (χ1v) is 7.20. The lowest BCUT2D eigenvalue weighted by Gasteiger charge is -2.36. The molecule has 1 N–H and O–H groups in total. The zero-order valence-electron chi connectivity index (χ0n) is 11.8. The monoisotopic (exact) mass is 281 g/mol. The van der Waals surface area contributed by atoms with E-state index in [1.807, 2.05) is 7.05 Å². The third-order valence-corrected chi connectivity index (χ3v) is 4.30. The van der Waals surface area contributed by atoms with Crippen molar-refractivity contribution < 1.29 is 13.6 Å². The Morgan fingerprint density at radius 2 is 1.95 bits per heavy atom. The fraction of sp³-hybridized carbons (Fsp3) is 0.562. The molecule has 0 bridgehead atoms. The van der Waals surface area contributed by atoms with Crippen molar-refractivity contribution in [2.24, 2.45) is 0 Å². The van der Waals surface area contributed by atoms with Gasteiger partial charge in [0.25, 0.3) is 0 Å². The number of ketones is 1. The third-order valence-electron chi connectivity index (χ3n) is 4.30. The van der Waals surface area contributed by atoms with Crippen molar-refractivity contribution >= 4 is 5.78 Å². The normalized spacial score (nSPS) is 17.9. The first-order chi connectivity index (χ1) is 9.56. The Labute approximate surface area is 118 Å². The molecule has 0 aromatic heterocycles. The van der Waals surface area contributed by atoms with E-state index >= 15 is 0 Å². The number of hydrogen-bond acceptors (Lipinski definition) is 2. The molecule has 1 aliphatic carbocycles. The molecule has 2 rings (SSSR count). The van der Waals surface area contributed by atoms with Crippen LogP contribution in [0, 0.1) is 11.6 Å². The number of halogens is 2. The second-order valence-corrected chi connectivity index (χ2v) is 5.70. The smallest absolute Gasteiger partial charge is 0.162 e. The van der Waals surface area contributed by atoms with Gasteiger partial charge in [0.2, 0.25) is 0 Å². The molecule has 0 unspecified atom stereocenters. The molecule has 20 heavy (non-hydrogen) atoms. The Hall–Kier alpha value is -1.29. The maximum Gasteiger partial charge on any atom is 0.162 e. The van der Waals surface area contributed by atoms with E-state index in [1.54, 1.807) is 0 Å². The van der Waals surface area contributed by atoms with Gasteiger partial charge in [0.15, 0.2) is 11.6 Å². The largest absolute Gasteiger partial charge is 0.314 e. The second-order valence-electron chi connectivity index (χ2n) is 5.70. The molecular formula is C16H21F2NO. The SMILES string of the molecule is CNC1(CC(=O)Cc2cccc(F)c2F)CCCCC1. The highest BCUT2D eigenvalue weighted by atomic mass is 19.2. The molecule has 1 saturated carbocycles. The summed E-state index contributed by atoms with van der Waals surface area (Å²) in [7, 11) is 1.88. The van der Waals surface area contributed by atoms with Crippen LogP contribution in [0.3, 0.4) is 0 Å². The minimum atomic E-state index is -0.900. The lowest BCUT2D eigenvalue weighted by Crippen LogP contribution is -2.46. The van der Waals surface area contributed by atoms with Gasteiger partial charge in [-0.25, -0.2) is 8.78 Å². The maximum atomic E-state index is 13.6. The van der Waals surface area contributed by atoms with Crippen molar-refractivity contribution in [3.05, 3.63) is 35.4 Å². The van der Waals surface area contributed by atoms with Crippen molar-refractivity contribution in [3.8, 4) is 0 Å². The third kappa shape index (κ3) is 3.42. The fourth-order valence-corrected chi connectivity index (χ4v) is 3.08. The van der Waals surface area contributed by atoms with E-state index in [1.165, 1.54) is 18.6 Å². The number of Topliss-reactive ketones (excluding diaryl/α,β-unsaturated/α-hetero) is 1. The van der Waals surface area contributed by atoms with Crippen LogP contribution in [0.15, 0.2) is 18.2 Å². The molecule has 110 valence electrons. The average molecular weight is 281 g/mol. The summed E-state index contributed by atoms with van der Waals surface area (Å²) in [5.41, 5.74) is -0.00358. The highest BCUT2D eigenvalue weighted by Crippen LogP contribution is 2.31. The highest BCUT2D eigenvalue weighted by Gasteiger charge is 2.32. The van der Waals surface area contributed by atoms with Crippen LogP contribution < -0.4 is 5.32 Å². The number of hydrogen-bond donors (Lipinski definition) is 1. The van der Waals surface area contributed by atoms with Crippen molar-refractivity contribution in [3.63, 3.8) is 0 Å². The Morgan fingerprint density at radius 1 is 1.25 bits per heavy atom. The lowest BCUT2D eigenvalue weighted by molar-refractivity contribution is -0.120. The summed E-state index contributed by atoms with van der Waals surface area (Å²) in [6.07, 6.45) is 5.73. The van der Waals surface area contributed by atoms with E-state index in [-0.39, 0.29) is 23.3 Å². The van der Waals surface area contributed by atoms with Gasteiger partial charge in [-0.3, -0.25) is 4.79 Å². The van der Waals surface area contributed by atoms with E-state index in [9.17, 15) is 13.6 Å². The van der Waals surface area contributed by atoms with Gasteiger partial charge < -0.3 is 5.32 Å². The second kappa shape index (κ2) is 6.44. The highest BCUT2D eigenvalue weighted by molar-refractivity contribution is 5.82.